The summed E-state index contributed by atoms with van der Waals surface area (Å²) < 4.78 is 1.54. The maximum Gasteiger partial charge on any atom is 0.267 e. The monoisotopic (exact) mass is 450 g/mol. The third kappa shape index (κ3) is 4.58. The zero-order valence-electron chi connectivity index (χ0n) is 19.0. The van der Waals surface area contributed by atoms with E-state index in [1.165, 1.54) is 31.0 Å². The Morgan fingerprint density at radius 1 is 1.22 bits per heavy atom. The van der Waals surface area contributed by atoms with E-state index < -0.39 is 0 Å². The van der Waals surface area contributed by atoms with Gasteiger partial charge in [-0.2, -0.15) is 0 Å². The van der Waals surface area contributed by atoms with Gasteiger partial charge in [-0.15, -0.1) is 0 Å². The Hall–Kier alpha value is -2.67. The van der Waals surface area contributed by atoms with Gasteiger partial charge in [0.2, 0.25) is 5.91 Å². The maximum absolute atomic E-state index is 13.4. The summed E-state index contributed by atoms with van der Waals surface area (Å²) in [6.45, 7) is 6.62. The summed E-state index contributed by atoms with van der Waals surface area (Å²) in [5.74, 6) is 0.630. The number of hydrogen-bond acceptors (Lipinski definition) is 5. The molecule has 1 amide bonds. The molecule has 0 aliphatic heterocycles. The van der Waals surface area contributed by atoms with Gasteiger partial charge in [0.1, 0.15) is 5.82 Å². The van der Waals surface area contributed by atoms with Crippen LogP contribution in [-0.2, 0) is 4.79 Å². The van der Waals surface area contributed by atoms with Crippen molar-refractivity contribution in [3.8, 4) is 5.82 Å². The summed E-state index contributed by atoms with van der Waals surface area (Å²) in [5.41, 5.74) is 1.46. The fourth-order valence-electron chi connectivity index (χ4n) is 4.46. The van der Waals surface area contributed by atoms with Crippen molar-refractivity contribution in [2.75, 3.05) is 6.54 Å². The smallest absolute Gasteiger partial charge is 0.267 e. The van der Waals surface area contributed by atoms with Crippen LogP contribution in [0.25, 0.3) is 16.7 Å². The number of thioether (sulfide) groups is 1. The minimum Gasteiger partial charge on any atom is -0.339 e. The van der Waals surface area contributed by atoms with Crippen LogP contribution < -0.4 is 5.56 Å². The van der Waals surface area contributed by atoms with E-state index in [1.54, 1.807) is 16.8 Å². The van der Waals surface area contributed by atoms with Gasteiger partial charge in [-0.25, -0.2) is 14.5 Å². The number of aryl methyl sites for hydroxylation is 1. The van der Waals surface area contributed by atoms with Gasteiger partial charge in [-0.05, 0) is 63.4 Å². The van der Waals surface area contributed by atoms with Gasteiger partial charge in [0.25, 0.3) is 5.56 Å². The molecule has 2 aromatic heterocycles. The summed E-state index contributed by atoms with van der Waals surface area (Å²) in [4.78, 5) is 38.1. The van der Waals surface area contributed by atoms with E-state index in [9.17, 15) is 9.59 Å². The minimum atomic E-state index is -0.360. The summed E-state index contributed by atoms with van der Waals surface area (Å²) in [5, 5.41) is 0.671. The highest BCUT2D eigenvalue weighted by molar-refractivity contribution is 8.00. The molecule has 4 rings (SSSR count). The summed E-state index contributed by atoms with van der Waals surface area (Å²) >= 11 is 1.34. The first-order valence-corrected chi connectivity index (χ1v) is 12.3. The number of carbonyl (C=O) groups is 1. The fourth-order valence-corrected chi connectivity index (χ4v) is 5.45. The third-order valence-electron chi connectivity index (χ3n) is 6.14. The molecule has 3 aromatic rings. The molecule has 32 heavy (non-hydrogen) atoms. The third-order valence-corrected chi connectivity index (χ3v) is 7.18. The Balaban J connectivity index is 1.72. The minimum absolute atomic E-state index is 0.107. The van der Waals surface area contributed by atoms with Crippen LogP contribution in [0.1, 0.15) is 51.5 Å². The van der Waals surface area contributed by atoms with Crippen molar-refractivity contribution in [2.24, 2.45) is 0 Å². The van der Waals surface area contributed by atoms with Crippen molar-refractivity contribution in [1.29, 1.82) is 0 Å². The van der Waals surface area contributed by atoms with Crippen LogP contribution >= 0.6 is 11.8 Å². The Labute approximate surface area is 193 Å². The van der Waals surface area contributed by atoms with Gasteiger partial charge >= 0.3 is 0 Å². The summed E-state index contributed by atoms with van der Waals surface area (Å²) in [6.07, 6.45) is 7.45. The zero-order chi connectivity index (χ0) is 22.7. The molecule has 0 spiro atoms. The molecule has 1 fully saturated rings. The second-order valence-corrected chi connectivity index (χ2v) is 9.73. The number of benzene rings is 1. The van der Waals surface area contributed by atoms with Gasteiger partial charge in [0.15, 0.2) is 5.16 Å². The normalized spacial score (nSPS) is 15.6. The first-order chi connectivity index (χ1) is 15.5. The van der Waals surface area contributed by atoms with Gasteiger partial charge in [0.05, 0.1) is 16.2 Å². The predicted octanol–water partition coefficient (Wildman–Crippen LogP) is 4.75. The number of aromatic nitrogens is 3. The lowest BCUT2D eigenvalue weighted by Gasteiger charge is -2.35. The molecule has 1 atom stereocenters. The number of hydrogen-bond donors (Lipinski definition) is 0. The van der Waals surface area contributed by atoms with E-state index in [-0.39, 0.29) is 16.7 Å². The van der Waals surface area contributed by atoms with Gasteiger partial charge in [0, 0.05) is 18.8 Å². The second-order valence-electron chi connectivity index (χ2n) is 8.42. The number of nitrogens with zero attached hydrogens (tertiary/aromatic N) is 4. The van der Waals surface area contributed by atoms with Crippen LogP contribution in [-0.4, -0.2) is 43.2 Å². The van der Waals surface area contributed by atoms with Crippen LogP contribution in [0.4, 0.5) is 0 Å². The molecule has 0 bridgehead atoms. The van der Waals surface area contributed by atoms with Crippen molar-refractivity contribution in [3.05, 3.63) is 58.5 Å². The standard InChI is InChI=1S/C25H30N4O2S/c1-4-28(19-10-6-5-7-11-19)23(30)18(3)32-25-27-21-13-9-8-12-20(21)24(31)29(25)22-16-17(2)14-15-26-22/h8-9,12-16,18-19H,4-7,10-11H2,1-3H3. The highest BCUT2D eigenvalue weighted by atomic mass is 32.2. The Bertz CT molecular complexity index is 1170. The Morgan fingerprint density at radius 2 is 1.97 bits per heavy atom. The van der Waals surface area contributed by atoms with Crippen molar-refractivity contribution in [1.82, 2.24) is 19.4 Å². The van der Waals surface area contributed by atoms with Crippen molar-refractivity contribution in [2.45, 2.75) is 69.3 Å². The molecule has 0 radical (unpaired) electrons. The molecule has 2 heterocycles. The van der Waals surface area contributed by atoms with E-state index in [0.717, 1.165) is 18.4 Å². The number of fused-ring (bicyclic) bond motifs is 1. The van der Waals surface area contributed by atoms with Crippen LogP contribution in [0.2, 0.25) is 0 Å². The van der Waals surface area contributed by atoms with E-state index in [1.807, 2.05) is 56.0 Å². The molecule has 0 saturated heterocycles. The quantitative estimate of drug-likeness (QED) is 0.400. The number of rotatable bonds is 6. The molecule has 1 saturated carbocycles. The second kappa shape index (κ2) is 9.86. The average molecular weight is 451 g/mol. The Kier molecular flexibility index (Phi) is 6.94. The van der Waals surface area contributed by atoms with Crippen molar-refractivity contribution < 1.29 is 4.79 Å². The van der Waals surface area contributed by atoms with Gasteiger partial charge < -0.3 is 4.90 Å². The van der Waals surface area contributed by atoms with Crippen LogP contribution in [0.3, 0.4) is 0 Å². The fraction of sp³-hybridized carbons (Fsp3) is 0.440. The highest BCUT2D eigenvalue weighted by Gasteiger charge is 2.29. The average Bonchev–Trinajstić information content (AvgIpc) is 2.80. The number of para-hydroxylation sites is 1. The van der Waals surface area contributed by atoms with Gasteiger partial charge in [-0.3, -0.25) is 9.59 Å². The number of carbonyl (C=O) groups excluding carboxylic acids is 1. The molecule has 7 heteroatoms. The summed E-state index contributed by atoms with van der Waals surface area (Å²) in [6, 6.07) is 11.4. The lowest BCUT2D eigenvalue weighted by Crippen LogP contribution is -2.44. The molecular formula is C25H30N4O2S. The first-order valence-electron chi connectivity index (χ1n) is 11.4. The van der Waals surface area contributed by atoms with Crippen molar-refractivity contribution >= 4 is 28.6 Å². The predicted molar refractivity (Wildman–Crippen MR) is 129 cm³/mol. The summed E-state index contributed by atoms with van der Waals surface area (Å²) in [7, 11) is 0. The first kappa shape index (κ1) is 22.5. The van der Waals surface area contributed by atoms with Crippen LogP contribution in [0.15, 0.2) is 52.5 Å². The van der Waals surface area contributed by atoms with E-state index in [4.69, 9.17) is 4.98 Å². The SMILES string of the molecule is CCN(C(=O)C(C)Sc1nc2ccccc2c(=O)n1-c1cc(C)ccn1)C1CCCCC1. The molecular weight excluding hydrogens is 420 g/mol. The molecule has 1 unspecified atom stereocenters. The lowest BCUT2D eigenvalue weighted by atomic mass is 9.94. The van der Waals surface area contributed by atoms with E-state index >= 15 is 0 Å². The molecule has 6 nitrogen and oxygen atoms in total. The molecule has 168 valence electrons. The lowest BCUT2D eigenvalue weighted by molar-refractivity contribution is -0.133. The largest absolute Gasteiger partial charge is 0.339 e. The Morgan fingerprint density at radius 3 is 2.69 bits per heavy atom. The van der Waals surface area contributed by atoms with E-state index in [0.29, 0.717) is 34.5 Å². The van der Waals surface area contributed by atoms with Crippen molar-refractivity contribution in [3.63, 3.8) is 0 Å². The van der Waals surface area contributed by atoms with Crippen LogP contribution in [0, 0.1) is 6.92 Å². The maximum atomic E-state index is 13.4. The molecule has 1 aromatic carbocycles. The molecule has 0 N–H and O–H groups in total. The van der Waals surface area contributed by atoms with Crippen LogP contribution in [0.5, 0.6) is 0 Å². The molecule has 1 aliphatic carbocycles. The number of amides is 1. The zero-order valence-corrected chi connectivity index (χ0v) is 19.8. The van der Waals surface area contributed by atoms with E-state index in [2.05, 4.69) is 4.98 Å². The molecule has 1 aliphatic rings. The topological polar surface area (TPSA) is 68.1 Å². The van der Waals surface area contributed by atoms with Gasteiger partial charge in [-0.1, -0.05) is 43.2 Å². The number of pyridine rings is 1. The highest BCUT2D eigenvalue weighted by Crippen LogP contribution is 2.29.